The van der Waals surface area contributed by atoms with Crippen LogP contribution in [-0.2, 0) is 0 Å². The summed E-state index contributed by atoms with van der Waals surface area (Å²) in [5, 5.41) is 20.3. The molecule has 0 aliphatic heterocycles. The Morgan fingerprint density at radius 1 is 1.56 bits per heavy atom. The van der Waals surface area contributed by atoms with Crippen LogP contribution in [0.1, 0.15) is 0 Å². The number of primary amides is 1. The molecule has 0 aliphatic carbocycles. The first-order chi connectivity index (χ1) is 7.72. The average molecular weight is 222 g/mol. The number of carbonyl (C=O) groups is 1. The summed E-state index contributed by atoms with van der Waals surface area (Å²) in [6.07, 6.45) is 2.72. The maximum absolute atomic E-state index is 10.5. The van der Waals surface area contributed by atoms with E-state index in [4.69, 9.17) is 11.0 Å². The van der Waals surface area contributed by atoms with E-state index in [1.165, 1.54) is 0 Å². The van der Waals surface area contributed by atoms with Crippen LogP contribution in [0, 0.1) is 11.5 Å². The summed E-state index contributed by atoms with van der Waals surface area (Å²) in [5.41, 5.74) is 9.23. The molecule has 0 aliphatic rings. The second-order valence-electron chi connectivity index (χ2n) is 2.15. The van der Waals surface area contributed by atoms with Crippen molar-refractivity contribution in [2.45, 2.75) is 0 Å². The number of aromatic nitrogens is 4. The minimum atomic E-state index is -0.827. The van der Waals surface area contributed by atoms with Gasteiger partial charge in [-0.1, -0.05) is 10.2 Å². The Labute approximate surface area is 88.8 Å². The highest BCUT2D eigenvalue weighted by Gasteiger charge is 2.01. The predicted octanol–water partition coefficient (Wildman–Crippen LogP) is -2.01. The fraction of sp³-hybridized carbons (Fsp3) is 0. The topological polar surface area (TPSA) is 167 Å². The van der Waals surface area contributed by atoms with E-state index in [2.05, 4.69) is 41.6 Å². The molecule has 0 fully saturated rings. The molecule has 11 heteroatoms. The van der Waals surface area contributed by atoms with Gasteiger partial charge < -0.3 is 5.73 Å². The van der Waals surface area contributed by atoms with Crippen LogP contribution in [-0.4, -0.2) is 32.8 Å². The van der Waals surface area contributed by atoms with Crippen LogP contribution in [0.5, 0.6) is 0 Å². The zero-order valence-corrected chi connectivity index (χ0v) is 7.75. The third-order valence-electron chi connectivity index (χ3n) is 1.09. The highest BCUT2D eigenvalue weighted by atomic mass is 16.2. The van der Waals surface area contributed by atoms with Crippen molar-refractivity contribution in [3.05, 3.63) is 0 Å². The number of nitriles is 1. The van der Waals surface area contributed by atoms with Gasteiger partial charge in [0.05, 0.1) is 0 Å². The average Bonchev–Trinajstić information content (AvgIpc) is 2.24. The first kappa shape index (κ1) is 11.0. The van der Waals surface area contributed by atoms with Crippen LogP contribution < -0.4 is 21.9 Å². The van der Waals surface area contributed by atoms with E-state index < -0.39 is 6.03 Å². The summed E-state index contributed by atoms with van der Waals surface area (Å²) in [4.78, 5) is 17.8. The number of hydrogen-bond acceptors (Lipinski definition) is 8. The summed E-state index contributed by atoms with van der Waals surface area (Å²) >= 11 is 0. The van der Waals surface area contributed by atoms with E-state index in [0.717, 1.165) is 6.34 Å². The van der Waals surface area contributed by atoms with Gasteiger partial charge in [0, 0.05) is 0 Å². The quantitative estimate of drug-likeness (QED) is 0.113. The van der Waals surface area contributed by atoms with Gasteiger partial charge in [0.15, 0.2) is 6.19 Å². The number of hydrazine groups is 1. The molecule has 1 aromatic rings. The van der Waals surface area contributed by atoms with Crippen molar-refractivity contribution in [3.63, 3.8) is 0 Å². The van der Waals surface area contributed by atoms with Crippen molar-refractivity contribution < 1.29 is 4.79 Å². The van der Waals surface area contributed by atoms with Gasteiger partial charge in [-0.3, -0.25) is 10.7 Å². The monoisotopic (exact) mass is 222 g/mol. The second-order valence-corrected chi connectivity index (χ2v) is 2.15. The molecule has 0 bridgehead atoms. The number of hydrogen-bond donors (Lipinski definition) is 4. The number of rotatable bonds is 4. The zero-order chi connectivity index (χ0) is 11.8. The molecule has 0 aromatic carbocycles. The summed E-state index contributed by atoms with van der Waals surface area (Å²) in [6.45, 7) is 0. The second kappa shape index (κ2) is 5.65. The van der Waals surface area contributed by atoms with Crippen molar-refractivity contribution in [1.29, 1.82) is 5.26 Å². The van der Waals surface area contributed by atoms with Gasteiger partial charge in [-0.2, -0.15) is 15.2 Å². The Kier molecular flexibility index (Phi) is 3.90. The molecule has 1 aromatic heterocycles. The molecule has 2 amide bonds. The molecule has 0 radical (unpaired) electrons. The maximum atomic E-state index is 10.5. The lowest BCUT2D eigenvalue weighted by molar-refractivity contribution is 0.259. The smallest absolute Gasteiger partial charge is 0.319 e. The number of aliphatic imine (C=N–C) groups is 1. The largest absolute Gasteiger partial charge is 0.351 e. The Balaban J connectivity index is 2.64. The van der Waals surface area contributed by atoms with Crippen molar-refractivity contribution in [3.8, 4) is 6.19 Å². The van der Waals surface area contributed by atoms with Crippen LogP contribution in [0.2, 0.25) is 0 Å². The van der Waals surface area contributed by atoms with Crippen LogP contribution >= 0.6 is 0 Å². The molecule has 16 heavy (non-hydrogen) atoms. The standard InChI is InChI=1S/C5H6N10O/c6-1-9-10-2-8-4-12-5(11-3(7)16)14-15-13-4/h2,9H,(H4,7,8,10,11,12,13,14,16). The number of carbonyl (C=O) groups excluding carboxylic acids is 1. The molecule has 11 nitrogen and oxygen atoms in total. The lowest BCUT2D eigenvalue weighted by atomic mass is 10.9. The van der Waals surface area contributed by atoms with E-state index in [9.17, 15) is 4.79 Å². The zero-order valence-electron chi connectivity index (χ0n) is 7.75. The van der Waals surface area contributed by atoms with E-state index in [-0.39, 0.29) is 11.9 Å². The van der Waals surface area contributed by atoms with Gasteiger partial charge >= 0.3 is 6.03 Å². The molecule has 82 valence electrons. The number of nitrogens with zero attached hydrogens (tertiary/aromatic N) is 6. The van der Waals surface area contributed by atoms with Gasteiger partial charge in [-0.15, -0.1) is 0 Å². The van der Waals surface area contributed by atoms with Gasteiger partial charge in [0.1, 0.15) is 6.34 Å². The van der Waals surface area contributed by atoms with E-state index in [1.54, 1.807) is 6.19 Å². The van der Waals surface area contributed by atoms with E-state index in [0.29, 0.717) is 0 Å². The number of anilines is 1. The summed E-state index contributed by atoms with van der Waals surface area (Å²) in [5.74, 6) is -0.186. The molecular weight excluding hydrogens is 216 g/mol. The number of nitrogens with two attached hydrogens (primary N) is 1. The summed E-state index contributed by atoms with van der Waals surface area (Å²) < 4.78 is 0. The minimum Gasteiger partial charge on any atom is -0.351 e. The molecular formula is C5H6N10O. The SMILES string of the molecule is N#CNNC=Nc1nnnc(NC(N)=O)n1. The highest BCUT2D eigenvalue weighted by Crippen LogP contribution is 2.01. The fourth-order valence-electron chi connectivity index (χ4n) is 0.617. The Morgan fingerprint density at radius 3 is 3.06 bits per heavy atom. The Hall–Kier alpha value is -3.03. The molecule has 0 atom stereocenters. The molecule has 5 N–H and O–H groups in total. The van der Waals surface area contributed by atoms with E-state index >= 15 is 0 Å². The third kappa shape index (κ3) is 3.79. The van der Waals surface area contributed by atoms with Crippen LogP contribution in [0.15, 0.2) is 4.99 Å². The molecule has 0 unspecified atom stereocenters. The Morgan fingerprint density at radius 2 is 2.38 bits per heavy atom. The molecule has 1 heterocycles. The van der Waals surface area contributed by atoms with Crippen LogP contribution in [0.4, 0.5) is 16.7 Å². The maximum Gasteiger partial charge on any atom is 0.319 e. The third-order valence-corrected chi connectivity index (χ3v) is 1.09. The fourth-order valence-corrected chi connectivity index (χ4v) is 0.617. The van der Waals surface area contributed by atoms with Gasteiger partial charge in [0.2, 0.25) is 0 Å². The van der Waals surface area contributed by atoms with Crippen molar-refractivity contribution in [2.24, 2.45) is 10.7 Å². The van der Waals surface area contributed by atoms with Crippen LogP contribution in [0.25, 0.3) is 0 Å². The molecule has 1 rings (SSSR count). The van der Waals surface area contributed by atoms with E-state index in [1.807, 2.05) is 0 Å². The van der Waals surface area contributed by atoms with Gasteiger partial charge in [-0.05, 0) is 5.21 Å². The highest BCUT2D eigenvalue weighted by molar-refractivity contribution is 5.85. The summed E-state index contributed by atoms with van der Waals surface area (Å²) in [6, 6.07) is -0.827. The van der Waals surface area contributed by atoms with Gasteiger partial charge in [-0.25, -0.2) is 10.2 Å². The normalized spacial score (nSPS) is 9.44. The number of urea groups is 1. The Bertz CT molecular complexity index is 435. The first-order valence-electron chi connectivity index (χ1n) is 3.78. The van der Waals surface area contributed by atoms with Crippen molar-refractivity contribution >= 4 is 24.3 Å². The van der Waals surface area contributed by atoms with Crippen molar-refractivity contribution in [1.82, 2.24) is 31.2 Å². The first-order valence-corrected chi connectivity index (χ1v) is 3.78. The molecule has 0 spiro atoms. The number of amides is 2. The lowest BCUT2D eigenvalue weighted by Crippen LogP contribution is -2.25. The summed E-state index contributed by atoms with van der Waals surface area (Å²) in [7, 11) is 0. The van der Waals surface area contributed by atoms with Crippen molar-refractivity contribution in [2.75, 3.05) is 5.32 Å². The molecule has 0 saturated carbocycles. The lowest BCUT2D eigenvalue weighted by Gasteiger charge is -1.97. The number of nitrogens with one attached hydrogen (secondary N) is 3. The molecule has 0 saturated heterocycles. The predicted molar refractivity (Wildman–Crippen MR) is 50.9 cm³/mol. The minimum absolute atomic E-state index is 0.0639. The van der Waals surface area contributed by atoms with Crippen LogP contribution in [0.3, 0.4) is 0 Å². The van der Waals surface area contributed by atoms with Gasteiger partial charge in [0.25, 0.3) is 11.9 Å².